The first-order valence-electron chi connectivity index (χ1n) is 7.78. The molecule has 2 nitrogen and oxygen atoms in total. The van der Waals surface area contributed by atoms with Crippen molar-refractivity contribution in [1.29, 1.82) is 0 Å². The summed E-state index contributed by atoms with van der Waals surface area (Å²) in [5, 5.41) is 3.21. The van der Waals surface area contributed by atoms with E-state index in [0.29, 0.717) is 23.2 Å². The largest absolute Gasteiger partial charge is 0.306 e. The van der Waals surface area contributed by atoms with Crippen molar-refractivity contribution in [2.24, 2.45) is 0 Å². The SMILES string of the molecule is O=C1CC(/C=C\c2ccccc2F)NC/C1=C\c1ccccc1F. The molecule has 0 aliphatic carbocycles. The lowest BCUT2D eigenvalue weighted by atomic mass is 9.96. The Bertz CT molecular complexity index is 811. The van der Waals surface area contributed by atoms with Crippen molar-refractivity contribution in [2.45, 2.75) is 12.5 Å². The number of rotatable bonds is 3. The smallest absolute Gasteiger partial charge is 0.162 e. The molecule has 1 aliphatic rings. The standard InChI is InChI=1S/C20H17F2NO/c21-18-7-3-1-5-14(18)9-10-17-12-20(24)16(13-23-17)11-15-6-2-4-8-19(15)22/h1-11,17,23H,12-13H2/b10-9-,16-11+. The molecule has 4 heteroatoms. The molecule has 1 fully saturated rings. The number of ketones is 1. The van der Waals surface area contributed by atoms with Gasteiger partial charge in [0.25, 0.3) is 0 Å². The Balaban J connectivity index is 1.69. The van der Waals surface area contributed by atoms with Crippen LogP contribution in [0.5, 0.6) is 0 Å². The predicted octanol–water partition coefficient (Wildman–Crippen LogP) is 3.99. The van der Waals surface area contributed by atoms with Gasteiger partial charge >= 0.3 is 0 Å². The Morgan fingerprint density at radius 2 is 1.58 bits per heavy atom. The summed E-state index contributed by atoms with van der Waals surface area (Å²) in [6.45, 7) is 0.361. The number of benzene rings is 2. The van der Waals surface area contributed by atoms with Crippen molar-refractivity contribution in [3.63, 3.8) is 0 Å². The van der Waals surface area contributed by atoms with Gasteiger partial charge < -0.3 is 5.32 Å². The minimum Gasteiger partial charge on any atom is -0.306 e. The van der Waals surface area contributed by atoms with Crippen LogP contribution in [0.15, 0.2) is 60.2 Å². The molecule has 0 saturated carbocycles. The van der Waals surface area contributed by atoms with Gasteiger partial charge in [0, 0.05) is 35.7 Å². The normalized spacial score (nSPS) is 20.0. The van der Waals surface area contributed by atoms with Crippen LogP contribution in [0.2, 0.25) is 0 Å². The second-order valence-corrected chi connectivity index (χ2v) is 5.69. The Morgan fingerprint density at radius 1 is 0.958 bits per heavy atom. The maximum atomic E-state index is 13.7. The third-order valence-electron chi connectivity index (χ3n) is 3.97. The van der Waals surface area contributed by atoms with E-state index in [1.807, 2.05) is 0 Å². The Kier molecular flexibility index (Phi) is 4.96. The lowest BCUT2D eigenvalue weighted by Gasteiger charge is -2.22. The number of carbonyl (C=O) groups is 1. The van der Waals surface area contributed by atoms with E-state index in [9.17, 15) is 13.6 Å². The number of piperidine rings is 1. The average molecular weight is 325 g/mol. The molecular weight excluding hydrogens is 308 g/mol. The molecule has 2 aromatic carbocycles. The fraction of sp³-hybridized carbons (Fsp3) is 0.150. The molecule has 0 bridgehead atoms. The molecular formula is C20H17F2NO. The van der Waals surface area contributed by atoms with Gasteiger partial charge in [-0.2, -0.15) is 0 Å². The molecule has 2 aromatic rings. The average Bonchev–Trinajstić information content (AvgIpc) is 2.58. The van der Waals surface area contributed by atoms with Gasteiger partial charge in [0.1, 0.15) is 11.6 Å². The van der Waals surface area contributed by atoms with Crippen molar-refractivity contribution in [3.8, 4) is 0 Å². The summed E-state index contributed by atoms with van der Waals surface area (Å²) in [5.41, 5.74) is 1.44. The number of hydrogen-bond acceptors (Lipinski definition) is 2. The van der Waals surface area contributed by atoms with E-state index in [2.05, 4.69) is 5.32 Å². The highest BCUT2D eigenvalue weighted by atomic mass is 19.1. The van der Waals surface area contributed by atoms with E-state index in [1.165, 1.54) is 12.1 Å². The number of halogens is 2. The van der Waals surface area contributed by atoms with Crippen molar-refractivity contribution in [3.05, 3.63) is 82.9 Å². The monoisotopic (exact) mass is 325 g/mol. The molecule has 0 spiro atoms. The summed E-state index contributed by atoms with van der Waals surface area (Å²) in [6.07, 6.45) is 5.31. The summed E-state index contributed by atoms with van der Waals surface area (Å²) in [5.74, 6) is -0.671. The maximum absolute atomic E-state index is 13.7. The van der Waals surface area contributed by atoms with Gasteiger partial charge in [-0.3, -0.25) is 4.79 Å². The molecule has 1 unspecified atom stereocenters. The Hall–Kier alpha value is -2.59. The summed E-state index contributed by atoms with van der Waals surface area (Å²) in [4.78, 5) is 12.3. The van der Waals surface area contributed by atoms with E-state index < -0.39 is 0 Å². The van der Waals surface area contributed by atoms with Gasteiger partial charge in [0.05, 0.1) is 0 Å². The molecule has 24 heavy (non-hydrogen) atoms. The molecule has 1 atom stereocenters. The third kappa shape index (κ3) is 3.84. The van der Waals surface area contributed by atoms with Gasteiger partial charge in [-0.05, 0) is 18.2 Å². The molecule has 0 radical (unpaired) electrons. The summed E-state index contributed by atoms with van der Waals surface area (Å²) >= 11 is 0. The molecule has 0 aromatic heterocycles. The zero-order chi connectivity index (χ0) is 16.9. The van der Waals surface area contributed by atoms with Gasteiger partial charge in [-0.25, -0.2) is 8.78 Å². The minimum atomic E-state index is -0.348. The highest BCUT2D eigenvalue weighted by molar-refractivity contribution is 6.01. The molecule has 122 valence electrons. The first kappa shape index (κ1) is 16.3. The highest BCUT2D eigenvalue weighted by Crippen LogP contribution is 2.17. The van der Waals surface area contributed by atoms with E-state index in [-0.39, 0.29) is 29.9 Å². The van der Waals surface area contributed by atoms with Crippen LogP contribution in [0.3, 0.4) is 0 Å². The zero-order valence-electron chi connectivity index (χ0n) is 13.0. The fourth-order valence-corrected chi connectivity index (χ4v) is 2.62. The molecule has 0 amide bonds. The first-order valence-corrected chi connectivity index (χ1v) is 7.78. The molecule has 1 aliphatic heterocycles. The quantitative estimate of drug-likeness (QED) is 0.865. The summed E-state index contributed by atoms with van der Waals surface area (Å²) in [7, 11) is 0. The van der Waals surface area contributed by atoms with Gasteiger partial charge in [0.2, 0.25) is 0 Å². The van der Waals surface area contributed by atoms with E-state index in [4.69, 9.17) is 0 Å². The van der Waals surface area contributed by atoms with Gasteiger partial charge in [-0.15, -0.1) is 0 Å². The molecule has 3 rings (SSSR count). The van der Waals surface area contributed by atoms with E-state index >= 15 is 0 Å². The lowest BCUT2D eigenvalue weighted by molar-refractivity contribution is -0.116. The second-order valence-electron chi connectivity index (χ2n) is 5.69. The molecule has 1 N–H and O–H groups in total. The predicted molar refractivity (Wildman–Crippen MR) is 91.2 cm³/mol. The van der Waals surface area contributed by atoms with Crippen LogP contribution in [0, 0.1) is 11.6 Å². The second kappa shape index (κ2) is 7.32. The van der Waals surface area contributed by atoms with Gasteiger partial charge in [-0.1, -0.05) is 48.6 Å². The van der Waals surface area contributed by atoms with Crippen LogP contribution < -0.4 is 5.32 Å². The van der Waals surface area contributed by atoms with Crippen molar-refractivity contribution in [1.82, 2.24) is 5.32 Å². The van der Waals surface area contributed by atoms with Crippen LogP contribution in [0.1, 0.15) is 17.5 Å². The third-order valence-corrected chi connectivity index (χ3v) is 3.97. The lowest BCUT2D eigenvalue weighted by Crippen LogP contribution is -2.38. The van der Waals surface area contributed by atoms with Crippen molar-refractivity contribution < 1.29 is 13.6 Å². The van der Waals surface area contributed by atoms with Crippen LogP contribution in [-0.2, 0) is 4.79 Å². The Labute approximate surface area is 139 Å². The van der Waals surface area contributed by atoms with Crippen molar-refractivity contribution >= 4 is 17.9 Å². The number of carbonyl (C=O) groups excluding carboxylic acids is 1. The molecule has 1 saturated heterocycles. The number of nitrogens with one attached hydrogen (secondary N) is 1. The van der Waals surface area contributed by atoms with Crippen molar-refractivity contribution in [2.75, 3.05) is 6.54 Å². The topological polar surface area (TPSA) is 29.1 Å². The minimum absolute atomic E-state index is 0.0276. The first-order chi connectivity index (χ1) is 11.6. The summed E-state index contributed by atoms with van der Waals surface area (Å²) in [6, 6.07) is 12.7. The number of Topliss-reactive ketones (excluding diaryl/α,β-unsaturated/α-hetero) is 1. The van der Waals surface area contributed by atoms with E-state index in [0.717, 1.165) is 0 Å². The zero-order valence-corrected chi connectivity index (χ0v) is 13.0. The fourth-order valence-electron chi connectivity index (χ4n) is 2.62. The van der Waals surface area contributed by atoms with Crippen LogP contribution in [0.25, 0.3) is 12.2 Å². The summed E-state index contributed by atoms with van der Waals surface area (Å²) < 4.78 is 27.3. The van der Waals surface area contributed by atoms with Crippen LogP contribution >= 0.6 is 0 Å². The Morgan fingerprint density at radius 3 is 2.21 bits per heavy atom. The highest BCUT2D eigenvalue weighted by Gasteiger charge is 2.21. The van der Waals surface area contributed by atoms with Crippen LogP contribution in [-0.4, -0.2) is 18.4 Å². The molecule has 1 heterocycles. The van der Waals surface area contributed by atoms with E-state index in [1.54, 1.807) is 54.6 Å². The maximum Gasteiger partial charge on any atom is 0.162 e. The number of hydrogen-bond donors (Lipinski definition) is 1. The van der Waals surface area contributed by atoms with Crippen LogP contribution in [0.4, 0.5) is 8.78 Å². The van der Waals surface area contributed by atoms with Gasteiger partial charge in [0.15, 0.2) is 5.78 Å².